The zero-order valence-corrected chi connectivity index (χ0v) is 14.3. The van der Waals surface area contributed by atoms with Gasteiger partial charge in [0, 0.05) is 25.4 Å². The highest BCUT2D eigenvalue weighted by molar-refractivity contribution is 5.84. The van der Waals surface area contributed by atoms with Crippen molar-refractivity contribution < 1.29 is 0 Å². The summed E-state index contributed by atoms with van der Waals surface area (Å²) in [6.07, 6.45) is 4.55. The van der Waals surface area contributed by atoms with Crippen molar-refractivity contribution in [2.24, 2.45) is 7.05 Å². The molecular weight excluding hydrogens is 308 g/mol. The van der Waals surface area contributed by atoms with Gasteiger partial charge >= 0.3 is 0 Å². The predicted octanol–water partition coefficient (Wildman–Crippen LogP) is 3.72. The van der Waals surface area contributed by atoms with Gasteiger partial charge in [-0.3, -0.25) is 9.25 Å². The molecule has 0 N–H and O–H groups in total. The van der Waals surface area contributed by atoms with E-state index in [9.17, 15) is 0 Å². The van der Waals surface area contributed by atoms with Crippen LogP contribution in [0.5, 0.6) is 0 Å². The highest BCUT2D eigenvalue weighted by atomic mass is 15.2. The number of benzene rings is 2. The number of imidazole rings is 1. The number of fused-ring (bicyclic) bond motifs is 1. The molecule has 0 radical (unpaired) electrons. The maximum atomic E-state index is 4.81. The first-order chi connectivity index (χ1) is 12.3. The van der Waals surface area contributed by atoms with Crippen LogP contribution in [0, 0.1) is 11.8 Å². The van der Waals surface area contributed by atoms with Gasteiger partial charge in [-0.1, -0.05) is 43.0 Å². The molecule has 0 aliphatic carbocycles. The number of rotatable bonds is 2. The third kappa shape index (κ3) is 2.81. The maximum absolute atomic E-state index is 4.81. The van der Waals surface area contributed by atoms with Crippen LogP contribution in [0.25, 0.3) is 16.7 Å². The zero-order valence-electron chi connectivity index (χ0n) is 14.3. The largest absolute Gasteiger partial charge is 0.295 e. The first-order valence-corrected chi connectivity index (χ1v) is 8.32. The fourth-order valence-electron chi connectivity index (χ4n) is 2.99. The summed E-state index contributed by atoms with van der Waals surface area (Å²) in [4.78, 5) is 4.81. The maximum Gasteiger partial charge on any atom is 0.114 e. The van der Waals surface area contributed by atoms with Crippen LogP contribution in [-0.2, 0) is 13.5 Å². The highest BCUT2D eigenvalue weighted by Gasteiger charge is 2.13. The number of hydrogen-bond donors (Lipinski definition) is 0. The Morgan fingerprint density at radius 3 is 2.56 bits per heavy atom. The molecule has 0 atom stereocenters. The molecule has 0 amide bonds. The number of aromatic nitrogens is 4. The Kier molecular flexibility index (Phi) is 3.83. The minimum Gasteiger partial charge on any atom is -0.295 e. The van der Waals surface area contributed by atoms with E-state index in [4.69, 9.17) is 4.98 Å². The SMILES string of the molecule is CCc1nc2cccc(C#Cc3cnn(C)c3)c2n1-c1ccccc1. The zero-order chi connectivity index (χ0) is 17.2. The van der Waals surface area contributed by atoms with Gasteiger partial charge in [0.2, 0.25) is 0 Å². The van der Waals surface area contributed by atoms with Crippen molar-refractivity contribution >= 4 is 11.0 Å². The van der Waals surface area contributed by atoms with E-state index < -0.39 is 0 Å². The second-order valence-electron chi connectivity index (χ2n) is 5.88. The molecule has 0 saturated carbocycles. The average Bonchev–Trinajstić information content (AvgIpc) is 3.24. The molecule has 4 nitrogen and oxygen atoms in total. The fourth-order valence-corrected chi connectivity index (χ4v) is 2.99. The van der Waals surface area contributed by atoms with Crippen LogP contribution in [0.2, 0.25) is 0 Å². The summed E-state index contributed by atoms with van der Waals surface area (Å²) < 4.78 is 3.97. The Labute approximate surface area is 146 Å². The molecule has 0 aliphatic heterocycles. The van der Waals surface area contributed by atoms with Crippen LogP contribution in [0.3, 0.4) is 0 Å². The average molecular weight is 326 g/mol. The number of hydrogen-bond acceptors (Lipinski definition) is 2. The van der Waals surface area contributed by atoms with Crippen LogP contribution in [0.4, 0.5) is 0 Å². The highest BCUT2D eigenvalue weighted by Crippen LogP contribution is 2.24. The Hall–Kier alpha value is -3.32. The van der Waals surface area contributed by atoms with Crippen molar-refractivity contribution in [3.8, 4) is 17.5 Å². The number of aryl methyl sites for hydroxylation is 2. The minimum absolute atomic E-state index is 0.860. The summed E-state index contributed by atoms with van der Waals surface area (Å²) >= 11 is 0. The molecule has 0 fully saturated rings. The molecular formula is C21H18N4. The van der Waals surface area contributed by atoms with Gasteiger partial charge in [-0.15, -0.1) is 0 Å². The lowest BCUT2D eigenvalue weighted by Gasteiger charge is -2.09. The van der Waals surface area contributed by atoms with Crippen LogP contribution < -0.4 is 0 Å². The topological polar surface area (TPSA) is 35.6 Å². The number of nitrogens with zero attached hydrogens (tertiary/aromatic N) is 4. The lowest BCUT2D eigenvalue weighted by molar-refractivity contribution is 0.767. The van der Waals surface area contributed by atoms with E-state index in [0.29, 0.717) is 0 Å². The van der Waals surface area contributed by atoms with Crippen molar-refractivity contribution in [1.29, 1.82) is 0 Å². The molecule has 0 saturated heterocycles. The standard InChI is InChI=1S/C21H18N4/c1-3-20-23-19-11-7-8-17(13-12-16-14-22-24(2)15-16)21(19)25(20)18-9-5-4-6-10-18/h4-11,14-15H,3H2,1-2H3. The van der Waals surface area contributed by atoms with E-state index in [1.807, 2.05) is 49.6 Å². The van der Waals surface area contributed by atoms with E-state index in [0.717, 1.165) is 40.1 Å². The molecule has 2 aromatic carbocycles. The van der Waals surface area contributed by atoms with Gasteiger partial charge < -0.3 is 0 Å². The van der Waals surface area contributed by atoms with Crippen molar-refractivity contribution in [1.82, 2.24) is 19.3 Å². The van der Waals surface area contributed by atoms with E-state index in [1.54, 1.807) is 10.9 Å². The molecule has 4 heteroatoms. The fraction of sp³-hybridized carbons (Fsp3) is 0.143. The third-order valence-corrected chi connectivity index (χ3v) is 4.12. The first kappa shape index (κ1) is 15.2. The smallest absolute Gasteiger partial charge is 0.114 e. The molecule has 0 bridgehead atoms. The molecule has 0 unspecified atom stereocenters. The summed E-state index contributed by atoms with van der Waals surface area (Å²) in [6, 6.07) is 16.4. The Morgan fingerprint density at radius 1 is 1.00 bits per heavy atom. The molecule has 4 aromatic rings. The van der Waals surface area contributed by atoms with Crippen molar-refractivity contribution in [2.75, 3.05) is 0 Å². The van der Waals surface area contributed by atoms with Crippen molar-refractivity contribution in [3.05, 3.63) is 77.9 Å². The van der Waals surface area contributed by atoms with Gasteiger partial charge in [-0.05, 0) is 24.3 Å². The van der Waals surface area contributed by atoms with E-state index >= 15 is 0 Å². The first-order valence-electron chi connectivity index (χ1n) is 8.32. The molecule has 0 aliphatic rings. The van der Waals surface area contributed by atoms with Crippen molar-refractivity contribution in [2.45, 2.75) is 13.3 Å². The summed E-state index contributed by atoms with van der Waals surface area (Å²) in [7, 11) is 1.89. The molecule has 122 valence electrons. The molecule has 2 heterocycles. The van der Waals surface area contributed by atoms with Crippen LogP contribution in [0.1, 0.15) is 23.9 Å². The van der Waals surface area contributed by atoms with Crippen LogP contribution in [0.15, 0.2) is 60.9 Å². The van der Waals surface area contributed by atoms with Crippen molar-refractivity contribution in [3.63, 3.8) is 0 Å². The van der Waals surface area contributed by atoms with E-state index in [1.165, 1.54) is 0 Å². The minimum atomic E-state index is 0.860. The van der Waals surface area contributed by atoms with Gasteiger partial charge in [0.05, 0.1) is 28.4 Å². The third-order valence-electron chi connectivity index (χ3n) is 4.12. The van der Waals surface area contributed by atoms with Gasteiger partial charge in [-0.25, -0.2) is 4.98 Å². The Morgan fingerprint density at radius 2 is 1.84 bits per heavy atom. The second kappa shape index (κ2) is 6.29. The number of para-hydroxylation sites is 2. The molecule has 4 rings (SSSR count). The molecule has 0 spiro atoms. The van der Waals surface area contributed by atoms with Gasteiger partial charge in [0.25, 0.3) is 0 Å². The summed E-state index contributed by atoms with van der Waals surface area (Å²) in [5.41, 5.74) is 5.01. The molecule has 25 heavy (non-hydrogen) atoms. The molecule has 2 aromatic heterocycles. The quantitative estimate of drug-likeness (QED) is 0.526. The van der Waals surface area contributed by atoms with E-state index in [-0.39, 0.29) is 0 Å². The van der Waals surface area contributed by atoms with Gasteiger partial charge in [0.15, 0.2) is 0 Å². The summed E-state index contributed by atoms with van der Waals surface area (Å²) in [5, 5.41) is 4.17. The Bertz CT molecular complexity index is 1090. The monoisotopic (exact) mass is 326 g/mol. The van der Waals surface area contributed by atoms with Crippen LogP contribution >= 0.6 is 0 Å². The van der Waals surface area contributed by atoms with Gasteiger partial charge in [-0.2, -0.15) is 5.10 Å². The van der Waals surface area contributed by atoms with Gasteiger partial charge in [0.1, 0.15) is 5.82 Å². The lowest BCUT2D eigenvalue weighted by atomic mass is 10.1. The second-order valence-corrected chi connectivity index (χ2v) is 5.88. The van der Waals surface area contributed by atoms with Crippen LogP contribution in [-0.4, -0.2) is 19.3 Å². The normalized spacial score (nSPS) is 10.6. The predicted molar refractivity (Wildman–Crippen MR) is 99.6 cm³/mol. The van der Waals surface area contributed by atoms with E-state index in [2.05, 4.69) is 40.6 Å². The lowest BCUT2D eigenvalue weighted by Crippen LogP contribution is -2.00. The summed E-state index contributed by atoms with van der Waals surface area (Å²) in [5.74, 6) is 7.54. The Balaban J connectivity index is 1.94. The summed E-state index contributed by atoms with van der Waals surface area (Å²) in [6.45, 7) is 2.13.